The molecule has 6 heteroatoms. The Morgan fingerprint density at radius 2 is 1.95 bits per heavy atom. The number of nitrogens with zero attached hydrogens (tertiary/aromatic N) is 4. The Kier molecular flexibility index (Phi) is 3.28. The molecule has 6 nitrogen and oxygen atoms in total. The molecular weight excluding hydrogens is 254 g/mol. The number of rotatable bonds is 4. The molecule has 0 fully saturated rings. The fourth-order valence-electron chi connectivity index (χ4n) is 1.84. The zero-order chi connectivity index (χ0) is 13.8. The van der Waals surface area contributed by atoms with E-state index in [1.165, 1.54) is 0 Å². The first-order valence-electron chi connectivity index (χ1n) is 6.20. The van der Waals surface area contributed by atoms with Crippen molar-refractivity contribution in [1.29, 1.82) is 0 Å². The van der Waals surface area contributed by atoms with Gasteiger partial charge in [0.15, 0.2) is 5.82 Å². The summed E-state index contributed by atoms with van der Waals surface area (Å²) in [5.41, 5.74) is 0.945. The molecule has 0 saturated carbocycles. The molecule has 3 aromatic rings. The third-order valence-corrected chi connectivity index (χ3v) is 2.74. The first kappa shape index (κ1) is 12.2. The Bertz CT molecular complexity index is 687. The number of nitrogens with one attached hydrogen (secondary N) is 1. The van der Waals surface area contributed by atoms with Crippen LogP contribution in [0.5, 0.6) is 0 Å². The van der Waals surface area contributed by atoms with Gasteiger partial charge >= 0.3 is 0 Å². The number of amides is 1. The van der Waals surface area contributed by atoms with Crippen LogP contribution in [0.3, 0.4) is 0 Å². The van der Waals surface area contributed by atoms with Crippen LogP contribution >= 0.6 is 0 Å². The van der Waals surface area contributed by atoms with Crippen molar-refractivity contribution in [3.8, 4) is 5.69 Å². The minimum Gasteiger partial charge on any atom is -0.308 e. The van der Waals surface area contributed by atoms with Gasteiger partial charge in [0.2, 0.25) is 5.91 Å². The third-order valence-electron chi connectivity index (χ3n) is 2.74. The molecule has 3 rings (SSSR count). The van der Waals surface area contributed by atoms with E-state index in [-0.39, 0.29) is 12.5 Å². The van der Waals surface area contributed by atoms with Gasteiger partial charge in [-0.25, -0.2) is 4.68 Å². The molecule has 0 saturated heterocycles. The lowest BCUT2D eigenvalue weighted by Crippen LogP contribution is -2.19. The molecule has 0 atom stereocenters. The Balaban J connectivity index is 1.67. The van der Waals surface area contributed by atoms with Gasteiger partial charge < -0.3 is 5.32 Å². The van der Waals surface area contributed by atoms with E-state index in [1.807, 2.05) is 30.3 Å². The van der Waals surface area contributed by atoms with Crippen LogP contribution in [-0.2, 0) is 11.3 Å². The summed E-state index contributed by atoms with van der Waals surface area (Å²) in [7, 11) is 0. The van der Waals surface area contributed by atoms with E-state index < -0.39 is 0 Å². The monoisotopic (exact) mass is 267 g/mol. The summed E-state index contributed by atoms with van der Waals surface area (Å²) in [6, 6.07) is 13.2. The molecule has 0 spiro atoms. The summed E-state index contributed by atoms with van der Waals surface area (Å²) in [5, 5.41) is 11.0. The molecule has 1 N–H and O–H groups in total. The fourth-order valence-corrected chi connectivity index (χ4v) is 1.84. The molecule has 0 aliphatic rings. The molecule has 0 aliphatic heterocycles. The van der Waals surface area contributed by atoms with Crippen LogP contribution in [0, 0.1) is 0 Å². The minimum atomic E-state index is -0.160. The van der Waals surface area contributed by atoms with Gasteiger partial charge in [-0.15, -0.1) is 0 Å². The highest BCUT2D eigenvalue weighted by atomic mass is 16.2. The van der Waals surface area contributed by atoms with Crippen LogP contribution in [-0.4, -0.2) is 25.5 Å². The van der Waals surface area contributed by atoms with E-state index in [0.29, 0.717) is 5.82 Å². The highest BCUT2D eigenvalue weighted by Crippen LogP contribution is 2.09. The zero-order valence-electron chi connectivity index (χ0n) is 10.7. The third kappa shape index (κ3) is 2.74. The Hall–Kier alpha value is -2.89. The van der Waals surface area contributed by atoms with Crippen LogP contribution < -0.4 is 5.32 Å². The van der Waals surface area contributed by atoms with E-state index in [4.69, 9.17) is 0 Å². The van der Waals surface area contributed by atoms with E-state index >= 15 is 0 Å². The van der Waals surface area contributed by atoms with E-state index in [0.717, 1.165) is 5.69 Å². The Labute approximate surface area is 115 Å². The van der Waals surface area contributed by atoms with Gasteiger partial charge in [-0.1, -0.05) is 18.2 Å². The van der Waals surface area contributed by atoms with Gasteiger partial charge in [0.1, 0.15) is 6.54 Å². The van der Waals surface area contributed by atoms with Crippen LogP contribution in [0.15, 0.2) is 61.1 Å². The Morgan fingerprint density at radius 3 is 2.70 bits per heavy atom. The predicted octanol–water partition coefficient (Wildman–Crippen LogP) is 1.71. The van der Waals surface area contributed by atoms with Crippen LogP contribution in [0.25, 0.3) is 5.69 Å². The highest BCUT2D eigenvalue weighted by molar-refractivity contribution is 5.89. The van der Waals surface area contributed by atoms with Gasteiger partial charge in [0, 0.05) is 24.7 Å². The second kappa shape index (κ2) is 5.40. The van der Waals surface area contributed by atoms with Crippen LogP contribution in [0.4, 0.5) is 5.82 Å². The van der Waals surface area contributed by atoms with E-state index in [1.54, 1.807) is 40.1 Å². The predicted molar refractivity (Wildman–Crippen MR) is 74.4 cm³/mol. The molecule has 100 valence electrons. The average molecular weight is 267 g/mol. The fraction of sp³-hybridized carbons (Fsp3) is 0.0714. The average Bonchev–Trinajstić information content (AvgIpc) is 3.11. The lowest BCUT2D eigenvalue weighted by atomic mass is 10.3. The summed E-state index contributed by atoms with van der Waals surface area (Å²) in [6.45, 7) is 0.172. The lowest BCUT2D eigenvalue weighted by Gasteiger charge is -2.02. The largest absolute Gasteiger partial charge is 0.308 e. The maximum Gasteiger partial charge on any atom is 0.247 e. The zero-order valence-corrected chi connectivity index (χ0v) is 10.7. The number of carbonyl (C=O) groups is 1. The smallest absolute Gasteiger partial charge is 0.247 e. The summed E-state index contributed by atoms with van der Waals surface area (Å²) in [4.78, 5) is 11.8. The number of benzene rings is 1. The standard InChI is InChI=1S/C14H13N5O/c20-14(11-18-9-4-8-15-18)16-13-7-10-19(17-13)12-5-2-1-3-6-12/h1-10H,11H2,(H,16,17,20). The molecule has 1 aromatic carbocycles. The molecule has 20 heavy (non-hydrogen) atoms. The van der Waals surface area contributed by atoms with E-state index in [9.17, 15) is 4.79 Å². The van der Waals surface area contributed by atoms with Crippen molar-refractivity contribution < 1.29 is 4.79 Å². The number of para-hydroxylation sites is 1. The number of carbonyl (C=O) groups excluding carboxylic acids is 1. The summed E-state index contributed by atoms with van der Waals surface area (Å²) < 4.78 is 3.27. The van der Waals surface area contributed by atoms with Gasteiger partial charge in [-0.2, -0.15) is 10.2 Å². The molecule has 0 bridgehead atoms. The van der Waals surface area contributed by atoms with Gasteiger partial charge in [0.05, 0.1) is 5.69 Å². The first-order chi connectivity index (χ1) is 9.81. The minimum absolute atomic E-state index is 0.160. The normalized spacial score (nSPS) is 10.4. The maximum atomic E-state index is 11.8. The number of hydrogen-bond acceptors (Lipinski definition) is 3. The lowest BCUT2D eigenvalue weighted by molar-refractivity contribution is -0.116. The van der Waals surface area contributed by atoms with E-state index in [2.05, 4.69) is 15.5 Å². The molecule has 0 radical (unpaired) electrons. The van der Waals surface area contributed by atoms with Crippen LogP contribution in [0.1, 0.15) is 0 Å². The number of hydrogen-bond donors (Lipinski definition) is 1. The molecule has 2 aromatic heterocycles. The van der Waals surface area contributed by atoms with Gasteiger partial charge in [-0.3, -0.25) is 9.48 Å². The molecule has 0 aliphatic carbocycles. The quantitative estimate of drug-likeness (QED) is 0.782. The van der Waals surface area contributed by atoms with Crippen LogP contribution in [0.2, 0.25) is 0 Å². The van der Waals surface area contributed by atoms with Crippen molar-refractivity contribution in [3.63, 3.8) is 0 Å². The molecule has 2 heterocycles. The summed E-state index contributed by atoms with van der Waals surface area (Å²) in [5.74, 6) is 0.359. The number of aromatic nitrogens is 4. The highest BCUT2D eigenvalue weighted by Gasteiger charge is 2.06. The summed E-state index contributed by atoms with van der Waals surface area (Å²) >= 11 is 0. The second-order valence-corrected chi connectivity index (χ2v) is 4.23. The van der Waals surface area contributed by atoms with Crippen molar-refractivity contribution in [1.82, 2.24) is 19.6 Å². The summed E-state index contributed by atoms with van der Waals surface area (Å²) in [6.07, 6.45) is 5.18. The SMILES string of the molecule is O=C(Cn1cccn1)Nc1ccn(-c2ccccc2)n1. The maximum absolute atomic E-state index is 11.8. The van der Waals surface area contributed by atoms with Crippen molar-refractivity contribution in [3.05, 3.63) is 61.1 Å². The number of anilines is 1. The first-order valence-corrected chi connectivity index (χ1v) is 6.20. The van der Waals surface area contributed by atoms with Crippen molar-refractivity contribution in [2.45, 2.75) is 6.54 Å². The molecule has 0 unspecified atom stereocenters. The van der Waals surface area contributed by atoms with Crippen molar-refractivity contribution >= 4 is 11.7 Å². The molecular formula is C14H13N5O. The van der Waals surface area contributed by atoms with Crippen molar-refractivity contribution in [2.75, 3.05) is 5.32 Å². The Morgan fingerprint density at radius 1 is 1.10 bits per heavy atom. The topological polar surface area (TPSA) is 64.7 Å². The molecule has 1 amide bonds. The van der Waals surface area contributed by atoms with Gasteiger partial charge in [0.25, 0.3) is 0 Å². The second-order valence-electron chi connectivity index (χ2n) is 4.23. The van der Waals surface area contributed by atoms with Gasteiger partial charge in [-0.05, 0) is 18.2 Å². The van der Waals surface area contributed by atoms with Crippen molar-refractivity contribution in [2.24, 2.45) is 0 Å².